The zero-order chi connectivity index (χ0) is 20.7. The van der Waals surface area contributed by atoms with Gasteiger partial charge in [-0.15, -0.1) is 0 Å². The van der Waals surface area contributed by atoms with E-state index in [0.29, 0.717) is 36.1 Å². The Morgan fingerprint density at radius 2 is 1.93 bits per heavy atom. The molecule has 0 saturated carbocycles. The molecule has 1 atom stereocenters. The van der Waals surface area contributed by atoms with Gasteiger partial charge in [0.15, 0.2) is 5.69 Å². The molecule has 2 aromatic carbocycles. The molecule has 1 aromatic heterocycles. The number of ether oxygens (including phenoxy) is 1. The van der Waals surface area contributed by atoms with Crippen LogP contribution in [-0.4, -0.2) is 40.3 Å². The summed E-state index contributed by atoms with van der Waals surface area (Å²) in [7, 11) is 0. The van der Waals surface area contributed by atoms with Crippen molar-refractivity contribution in [1.29, 1.82) is 0 Å². The lowest BCUT2D eigenvalue weighted by Crippen LogP contribution is -2.42. The standard InChI is InChI=1S/C23H21ClFN3O2/c24-16-10-8-15(9-11-16)21-14-27(12-13-30-21)23(29)22-17-4-3-7-19(17)28(26-22)20-6-2-1-5-18(20)25/h1-2,5-6,8-11,21H,3-4,7,12-14H2. The van der Waals surface area contributed by atoms with E-state index >= 15 is 0 Å². The van der Waals surface area contributed by atoms with Gasteiger partial charge in [0, 0.05) is 22.8 Å². The lowest BCUT2D eigenvalue weighted by Gasteiger charge is -2.33. The molecule has 0 N–H and O–H groups in total. The van der Waals surface area contributed by atoms with Crippen molar-refractivity contribution in [3.8, 4) is 5.69 Å². The molecule has 0 bridgehead atoms. The van der Waals surface area contributed by atoms with Crippen LogP contribution in [0.2, 0.25) is 5.02 Å². The Labute approximate surface area is 179 Å². The normalized spacial score (nSPS) is 18.5. The lowest BCUT2D eigenvalue weighted by molar-refractivity contribution is -0.0230. The predicted molar refractivity (Wildman–Crippen MR) is 112 cm³/mol. The molecule has 0 spiro atoms. The summed E-state index contributed by atoms with van der Waals surface area (Å²) in [6.07, 6.45) is 2.32. The minimum absolute atomic E-state index is 0.120. The van der Waals surface area contributed by atoms with Gasteiger partial charge in [-0.2, -0.15) is 5.10 Å². The van der Waals surface area contributed by atoms with Gasteiger partial charge in [0.1, 0.15) is 17.6 Å². The smallest absolute Gasteiger partial charge is 0.274 e. The average Bonchev–Trinajstić information content (AvgIpc) is 3.37. The van der Waals surface area contributed by atoms with Gasteiger partial charge in [0.25, 0.3) is 5.91 Å². The average molecular weight is 426 g/mol. The fourth-order valence-corrected chi connectivity index (χ4v) is 4.42. The number of carbonyl (C=O) groups excluding carboxylic acids is 1. The molecule has 1 amide bonds. The maximum atomic E-state index is 14.4. The first-order valence-electron chi connectivity index (χ1n) is 10.1. The second-order valence-electron chi connectivity index (χ2n) is 7.65. The van der Waals surface area contributed by atoms with E-state index in [2.05, 4.69) is 5.10 Å². The van der Waals surface area contributed by atoms with Gasteiger partial charge in [-0.25, -0.2) is 9.07 Å². The molecule has 1 unspecified atom stereocenters. The van der Waals surface area contributed by atoms with Crippen molar-refractivity contribution in [3.63, 3.8) is 0 Å². The maximum absolute atomic E-state index is 14.4. The highest BCUT2D eigenvalue weighted by Crippen LogP contribution is 2.31. The van der Waals surface area contributed by atoms with Crippen LogP contribution >= 0.6 is 11.6 Å². The number of halogens is 2. The third kappa shape index (κ3) is 3.40. The minimum atomic E-state index is -0.345. The van der Waals surface area contributed by atoms with E-state index in [1.165, 1.54) is 6.07 Å². The quantitative estimate of drug-likeness (QED) is 0.626. The van der Waals surface area contributed by atoms with Crippen molar-refractivity contribution in [2.75, 3.05) is 19.7 Å². The number of aromatic nitrogens is 2. The van der Waals surface area contributed by atoms with Crippen LogP contribution < -0.4 is 0 Å². The number of carbonyl (C=O) groups is 1. The first-order chi connectivity index (χ1) is 14.6. The fourth-order valence-electron chi connectivity index (χ4n) is 4.29. The Kier molecular flexibility index (Phi) is 5.05. The Bertz CT molecular complexity index is 1100. The molecule has 30 heavy (non-hydrogen) atoms. The number of amides is 1. The molecule has 2 heterocycles. The van der Waals surface area contributed by atoms with E-state index in [9.17, 15) is 9.18 Å². The van der Waals surface area contributed by atoms with Crippen LogP contribution in [0.4, 0.5) is 4.39 Å². The van der Waals surface area contributed by atoms with Gasteiger partial charge in [0.05, 0.1) is 13.2 Å². The van der Waals surface area contributed by atoms with E-state index in [4.69, 9.17) is 16.3 Å². The van der Waals surface area contributed by atoms with Gasteiger partial charge in [-0.3, -0.25) is 4.79 Å². The maximum Gasteiger partial charge on any atom is 0.274 e. The van der Waals surface area contributed by atoms with Crippen molar-refractivity contribution in [2.24, 2.45) is 0 Å². The molecule has 0 radical (unpaired) electrons. The monoisotopic (exact) mass is 425 g/mol. The Hall–Kier alpha value is -2.70. The summed E-state index contributed by atoms with van der Waals surface area (Å²) >= 11 is 5.99. The second-order valence-corrected chi connectivity index (χ2v) is 8.09. The molecule has 2 aliphatic rings. The van der Waals surface area contributed by atoms with E-state index in [0.717, 1.165) is 36.1 Å². The van der Waals surface area contributed by atoms with Gasteiger partial charge < -0.3 is 9.64 Å². The molecule has 7 heteroatoms. The molecule has 1 fully saturated rings. The summed E-state index contributed by atoms with van der Waals surface area (Å²) in [5, 5.41) is 5.24. The van der Waals surface area contributed by atoms with Crippen LogP contribution in [0.1, 0.15) is 39.8 Å². The molecule has 5 nitrogen and oxygen atoms in total. The van der Waals surface area contributed by atoms with Crippen LogP contribution in [0.5, 0.6) is 0 Å². The zero-order valence-electron chi connectivity index (χ0n) is 16.4. The number of fused-ring (bicyclic) bond motifs is 1. The third-order valence-electron chi connectivity index (χ3n) is 5.81. The SMILES string of the molecule is O=C(c1nn(-c2ccccc2F)c2c1CCC2)N1CCOC(c2ccc(Cl)cc2)C1. The highest BCUT2D eigenvalue weighted by atomic mass is 35.5. The van der Waals surface area contributed by atoms with Gasteiger partial charge in [0.2, 0.25) is 0 Å². The highest BCUT2D eigenvalue weighted by molar-refractivity contribution is 6.30. The minimum Gasteiger partial charge on any atom is -0.370 e. The second kappa shape index (κ2) is 7.85. The van der Waals surface area contributed by atoms with Crippen LogP contribution in [0.25, 0.3) is 5.69 Å². The number of para-hydroxylation sites is 1. The van der Waals surface area contributed by atoms with Crippen LogP contribution in [0, 0.1) is 5.82 Å². The molecule has 1 aliphatic carbocycles. The number of morpholine rings is 1. The third-order valence-corrected chi connectivity index (χ3v) is 6.06. The zero-order valence-corrected chi connectivity index (χ0v) is 17.1. The molecule has 3 aromatic rings. The fraction of sp³-hybridized carbons (Fsp3) is 0.304. The molecular weight excluding hydrogens is 405 g/mol. The number of hydrogen-bond acceptors (Lipinski definition) is 3. The first kappa shape index (κ1) is 19.3. The van der Waals surface area contributed by atoms with Crippen LogP contribution in [0.15, 0.2) is 48.5 Å². The largest absolute Gasteiger partial charge is 0.370 e. The predicted octanol–water partition coefficient (Wildman–Crippen LogP) is 4.37. The van der Waals surface area contributed by atoms with Gasteiger partial charge in [-0.1, -0.05) is 35.9 Å². The van der Waals surface area contributed by atoms with E-state index in [1.54, 1.807) is 27.8 Å². The van der Waals surface area contributed by atoms with Crippen molar-refractivity contribution < 1.29 is 13.9 Å². The van der Waals surface area contributed by atoms with Crippen LogP contribution in [-0.2, 0) is 17.6 Å². The Morgan fingerprint density at radius 3 is 2.73 bits per heavy atom. The first-order valence-corrected chi connectivity index (χ1v) is 10.5. The van der Waals surface area contributed by atoms with Crippen molar-refractivity contribution in [1.82, 2.24) is 14.7 Å². The van der Waals surface area contributed by atoms with Crippen molar-refractivity contribution in [3.05, 3.63) is 81.9 Å². The number of nitrogens with zero attached hydrogens (tertiary/aromatic N) is 3. The summed E-state index contributed by atoms with van der Waals surface area (Å²) in [5.41, 5.74) is 3.68. The van der Waals surface area contributed by atoms with E-state index < -0.39 is 0 Å². The number of benzene rings is 2. The van der Waals surface area contributed by atoms with Crippen LogP contribution in [0.3, 0.4) is 0 Å². The number of hydrogen-bond donors (Lipinski definition) is 0. The summed E-state index contributed by atoms with van der Waals surface area (Å²) in [6.45, 7) is 1.40. The van der Waals surface area contributed by atoms with Crippen molar-refractivity contribution in [2.45, 2.75) is 25.4 Å². The molecule has 154 valence electrons. The summed E-state index contributed by atoms with van der Waals surface area (Å²) in [5.74, 6) is -0.464. The summed E-state index contributed by atoms with van der Waals surface area (Å²) in [6, 6.07) is 14.0. The Morgan fingerprint density at radius 1 is 1.13 bits per heavy atom. The highest BCUT2D eigenvalue weighted by Gasteiger charge is 2.33. The molecular formula is C23H21ClFN3O2. The summed E-state index contributed by atoms with van der Waals surface area (Å²) < 4.78 is 21.9. The van der Waals surface area contributed by atoms with Gasteiger partial charge in [-0.05, 0) is 49.1 Å². The lowest BCUT2D eigenvalue weighted by atomic mass is 10.1. The van der Waals surface area contributed by atoms with E-state index in [-0.39, 0.29) is 17.8 Å². The molecule has 1 aliphatic heterocycles. The topological polar surface area (TPSA) is 47.4 Å². The number of rotatable bonds is 3. The van der Waals surface area contributed by atoms with Gasteiger partial charge >= 0.3 is 0 Å². The summed E-state index contributed by atoms with van der Waals surface area (Å²) in [4.78, 5) is 15.2. The Balaban J connectivity index is 1.44. The molecule has 1 saturated heterocycles. The molecule has 5 rings (SSSR count). The van der Waals surface area contributed by atoms with E-state index in [1.807, 2.05) is 24.3 Å². The van der Waals surface area contributed by atoms with Crippen molar-refractivity contribution >= 4 is 17.5 Å².